The van der Waals surface area contributed by atoms with Gasteiger partial charge in [-0.15, -0.1) is 5.10 Å². The molecule has 0 unspecified atom stereocenters. The molecule has 8 heteroatoms. The monoisotopic (exact) mass is 352 g/mol. The minimum atomic E-state index is -1.31. The molecule has 0 fully saturated rings. The van der Waals surface area contributed by atoms with Crippen LogP contribution < -0.4 is 5.56 Å². The highest BCUT2D eigenvalue weighted by Gasteiger charge is 2.18. The maximum absolute atomic E-state index is 13.2. The second-order valence-corrected chi connectivity index (χ2v) is 5.99. The van der Waals surface area contributed by atoms with Crippen LogP contribution >= 0.6 is 0 Å². The van der Waals surface area contributed by atoms with E-state index in [1.165, 1.54) is 21.2 Å². The Bertz CT molecular complexity index is 1230. The number of carboxylic acid groups (broad SMARTS) is 1. The first kappa shape index (κ1) is 15.9. The molecular weight excluding hydrogens is 339 g/mol. The maximum atomic E-state index is 13.2. The molecular formula is C18H13FN4O3. The Morgan fingerprint density at radius 1 is 1.15 bits per heavy atom. The van der Waals surface area contributed by atoms with Gasteiger partial charge < -0.3 is 5.11 Å². The number of aryl methyl sites for hydroxylation is 1. The molecule has 0 aliphatic carbocycles. The molecule has 0 bridgehead atoms. The number of aromatic nitrogens is 4. The number of nitrogens with zero attached hydrogens (tertiary/aromatic N) is 4. The summed E-state index contributed by atoms with van der Waals surface area (Å²) in [6.45, 7) is 2.09. The molecule has 0 spiro atoms. The maximum Gasteiger partial charge on any atom is 0.375 e. The lowest BCUT2D eigenvalue weighted by Gasteiger charge is -2.12. The summed E-state index contributed by atoms with van der Waals surface area (Å²) in [5.74, 6) is -2.11. The van der Waals surface area contributed by atoms with E-state index in [2.05, 4.69) is 10.1 Å². The van der Waals surface area contributed by atoms with E-state index in [0.29, 0.717) is 11.0 Å². The summed E-state index contributed by atoms with van der Waals surface area (Å²) in [6, 6.07) is 11.3. The predicted octanol–water partition coefficient (Wildman–Crippen LogP) is 2.24. The van der Waals surface area contributed by atoms with Gasteiger partial charge in [0.1, 0.15) is 5.82 Å². The van der Waals surface area contributed by atoms with E-state index in [-0.39, 0.29) is 18.0 Å². The van der Waals surface area contributed by atoms with E-state index >= 15 is 0 Å². The number of rotatable bonds is 3. The van der Waals surface area contributed by atoms with Gasteiger partial charge in [-0.3, -0.25) is 9.36 Å². The smallest absolute Gasteiger partial charge is 0.375 e. The second kappa shape index (κ2) is 5.76. The van der Waals surface area contributed by atoms with Crippen molar-refractivity contribution in [1.82, 2.24) is 19.2 Å². The molecule has 0 saturated carbocycles. The largest absolute Gasteiger partial charge is 0.475 e. The van der Waals surface area contributed by atoms with Crippen LogP contribution in [0.1, 0.15) is 21.7 Å². The van der Waals surface area contributed by atoms with Gasteiger partial charge in [0.05, 0.1) is 17.6 Å². The highest BCUT2D eigenvalue weighted by atomic mass is 19.1. The lowest BCUT2D eigenvalue weighted by molar-refractivity contribution is 0.0684. The Kier molecular flexibility index (Phi) is 3.54. The van der Waals surface area contributed by atoms with Gasteiger partial charge in [-0.2, -0.15) is 4.98 Å². The van der Waals surface area contributed by atoms with Crippen molar-refractivity contribution in [3.05, 3.63) is 75.6 Å². The summed E-state index contributed by atoms with van der Waals surface area (Å²) in [5, 5.41) is 13.1. The molecule has 0 radical (unpaired) electrons. The van der Waals surface area contributed by atoms with Crippen molar-refractivity contribution in [3.63, 3.8) is 0 Å². The summed E-state index contributed by atoms with van der Waals surface area (Å²) < 4.78 is 15.9. The Labute approximate surface area is 146 Å². The quantitative estimate of drug-likeness (QED) is 0.611. The Morgan fingerprint density at radius 2 is 1.88 bits per heavy atom. The van der Waals surface area contributed by atoms with E-state index in [9.17, 15) is 14.0 Å². The number of carbonyl (C=O) groups is 1. The minimum absolute atomic E-state index is 0.0686. The van der Waals surface area contributed by atoms with E-state index in [1.807, 2.05) is 19.1 Å². The van der Waals surface area contributed by atoms with E-state index < -0.39 is 17.4 Å². The number of hydrogen-bond donors (Lipinski definition) is 1. The van der Waals surface area contributed by atoms with Gasteiger partial charge in [-0.05, 0) is 42.3 Å². The molecule has 1 N–H and O–H groups in total. The van der Waals surface area contributed by atoms with Crippen LogP contribution in [0.15, 0.2) is 47.3 Å². The standard InChI is InChI=1S/C18H13FN4O3/c1-10-2-7-13-14(8-10)22(9-11-3-5-12(19)6-4-11)17(24)16-20-15(18(25)26)21-23(13)16/h2-8H,9H2,1H3,(H,25,26). The first-order valence-electron chi connectivity index (χ1n) is 7.82. The number of carboxylic acids is 1. The Balaban J connectivity index is 2.04. The van der Waals surface area contributed by atoms with Crippen molar-refractivity contribution < 1.29 is 14.3 Å². The Morgan fingerprint density at radius 3 is 2.58 bits per heavy atom. The zero-order valence-electron chi connectivity index (χ0n) is 13.7. The van der Waals surface area contributed by atoms with E-state index in [1.54, 1.807) is 18.2 Å². The molecule has 130 valence electrons. The highest BCUT2D eigenvalue weighted by Crippen LogP contribution is 2.17. The van der Waals surface area contributed by atoms with Crippen LogP contribution in [-0.2, 0) is 6.54 Å². The van der Waals surface area contributed by atoms with Crippen molar-refractivity contribution in [3.8, 4) is 0 Å². The third-order valence-electron chi connectivity index (χ3n) is 4.14. The summed E-state index contributed by atoms with van der Waals surface area (Å²) in [5.41, 5.74) is 2.29. The number of aromatic carboxylic acids is 1. The second-order valence-electron chi connectivity index (χ2n) is 5.99. The molecule has 2 heterocycles. The van der Waals surface area contributed by atoms with Gasteiger partial charge in [-0.1, -0.05) is 18.2 Å². The Hall–Kier alpha value is -3.55. The van der Waals surface area contributed by atoms with Gasteiger partial charge in [0.2, 0.25) is 5.65 Å². The van der Waals surface area contributed by atoms with Crippen LogP contribution in [-0.4, -0.2) is 30.2 Å². The third-order valence-corrected chi connectivity index (χ3v) is 4.14. The third kappa shape index (κ3) is 2.52. The van der Waals surface area contributed by atoms with Crippen LogP contribution in [0.5, 0.6) is 0 Å². The number of halogens is 1. The van der Waals surface area contributed by atoms with Crippen molar-refractivity contribution in [2.45, 2.75) is 13.5 Å². The van der Waals surface area contributed by atoms with E-state index in [0.717, 1.165) is 11.1 Å². The first-order valence-corrected chi connectivity index (χ1v) is 7.82. The summed E-state index contributed by atoms with van der Waals surface area (Å²) in [6.07, 6.45) is 0. The van der Waals surface area contributed by atoms with Crippen molar-refractivity contribution in [1.29, 1.82) is 0 Å². The fourth-order valence-electron chi connectivity index (χ4n) is 2.90. The average molecular weight is 352 g/mol. The molecule has 7 nitrogen and oxygen atoms in total. The normalized spacial score (nSPS) is 11.3. The average Bonchev–Trinajstić information content (AvgIpc) is 3.06. The van der Waals surface area contributed by atoms with Crippen LogP contribution in [0.25, 0.3) is 16.7 Å². The lowest BCUT2D eigenvalue weighted by Crippen LogP contribution is -2.24. The highest BCUT2D eigenvalue weighted by molar-refractivity contribution is 5.85. The molecule has 0 saturated heterocycles. The lowest BCUT2D eigenvalue weighted by atomic mass is 10.2. The van der Waals surface area contributed by atoms with Gasteiger partial charge in [0.25, 0.3) is 11.4 Å². The molecule has 0 aliphatic rings. The molecule has 0 atom stereocenters. The molecule has 26 heavy (non-hydrogen) atoms. The fraction of sp³-hybridized carbons (Fsp3) is 0.111. The number of benzene rings is 2. The van der Waals surface area contributed by atoms with Gasteiger partial charge in [-0.25, -0.2) is 13.7 Å². The van der Waals surface area contributed by atoms with Gasteiger partial charge in [0.15, 0.2) is 0 Å². The van der Waals surface area contributed by atoms with Crippen molar-refractivity contribution in [2.75, 3.05) is 0 Å². The number of fused-ring (bicyclic) bond motifs is 3. The SMILES string of the molecule is Cc1ccc2c(c1)n(Cc1ccc(F)cc1)c(=O)c1nc(C(=O)O)nn12. The molecule has 4 rings (SSSR count). The van der Waals surface area contributed by atoms with Crippen molar-refractivity contribution in [2.24, 2.45) is 0 Å². The van der Waals surface area contributed by atoms with Crippen LogP contribution in [0, 0.1) is 12.7 Å². The fourth-order valence-corrected chi connectivity index (χ4v) is 2.90. The summed E-state index contributed by atoms with van der Waals surface area (Å²) in [7, 11) is 0. The zero-order chi connectivity index (χ0) is 18.4. The summed E-state index contributed by atoms with van der Waals surface area (Å²) in [4.78, 5) is 28.0. The minimum Gasteiger partial charge on any atom is -0.475 e. The van der Waals surface area contributed by atoms with Gasteiger partial charge >= 0.3 is 5.97 Å². The van der Waals surface area contributed by atoms with Crippen LogP contribution in [0.2, 0.25) is 0 Å². The molecule has 2 aromatic carbocycles. The first-order chi connectivity index (χ1) is 12.4. The molecule has 2 aromatic heterocycles. The van der Waals surface area contributed by atoms with Crippen molar-refractivity contribution >= 4 is 22.6 Å². The molecule has 0 aliphatic heterocycles. The van der Waals surface area contributed by atoms with E-state index in [4.69, 9.17) is 5.11 Å². The van der Waals surface area contributed by atoms with Crippen LogP contribution in [0.4, 0.5) is 4.39 Å². The van der Waals surface area contributed by atoms with Gasteiger partial charge in [0, 0.05) is 0 Å². The molecule has 0 amide bonds. The molecule has 4 aromatic rings. The predicted molar refractivity (Wildman–Crippen MR) is 92.0 cm³/mol. The van der Waals surface area contributed by atoms with Crippen LogP contribution in [0.3, 0.4) is 0 Å². The topological polar surface area (TPSA) is 89.5 Å². The summed E-state index contributed by atoms with van der Waals surface area (Å²) >= 11 is 0. The zero-order valence-corrected chi connectivity index (χ0v) is 13.7. The number of hydrogen-bond acceptors (Lipinski definition) is 4.